The van der Waals surface area contributed by atoms with Crippen molar-refractivity contribution >= 4 is 11.9 Å². The van der Waals surface area contributed by atoms with Crippen LogP contribution in [-0.4, -0.2) is 26.8 Å². The number of hydrogen-bond donors (Lipinski definition) is 2. The summed E-state index contributed by atoms with van der Waals surface area (Å²) < 4.78 is 1.45. The normalized spacial score (nSPS) is 11.4. The van der Waals surface area contributed by atoms with Gasteiger partial charge in [0, 0.05) is 24.4 Å². The van der Waals surface area contributed by atoms with Crippen molar-refractivity contribution in [1.82, 2.24) is 15.1 Å². The van der Waals surface area contributed by atoms with E-state index < -0.39 is 17.9 Å². The zero-order valence-corrected chi connectivity index (χ0v) is 11.1. The third-order valence-corrected chi connectivity index (χ3v) is 2.83. The molecule has 1 heterocycles. The van der Waals surface area contributed by atoms with E-state index in [1.807, 2.05) is 6.07 Å². The number of nitrogens with one attached hydrogen (secondary N) is 1. The Labute approximate surface area is 120 Å². The number of aryl methyl sites for hydroxylation is 1. The van der Waals surface area contributed by atoms with E-state index in [2.05, 4.69) is 10.4 Å². The second-order valence-corrected chi connectivity index (χ2v) is 4.38. The molecule has 2 N–H and O–H groups in total. The first-order valence-electron chi connectivity index (χ1n) is 6.03. The molecule has 1 amide bonds. The molecule has 106 valence electrons. The maximum Gasteiger partial charge on any atom is 0.331 e. The van der Waals surface area contributed by atoms with Crippen molar-refractivity contribution < 1.29 is 14.7 Å². The zero-order chi connectivity index (χ0) is 15.4. The summed E-state index contributed by atoms with van der Waals surface area (Å²) in [5.41, 5.74) is 0.926. The molecule has 1 aromatic heterocycles. The summed E-state index contributed by atoms with van der Waals surface area (Å²) in [5.74, 6) is -1.75. The van der Waals surface area contributed by atoms with Crippen LogP contribution in [-0.2, 0) is 11.8 Å². The van der Waals surface area contributed by atoms with Crippen molar-refractivity contribution in [3.63, 3.8) is 0 Å². The summed E-state index contributed by atoms with van der Waals surface area (Å²) in [6.07, 6.45) is 2.90. The predicted molar refractivity (Wildman–Crippen MR) is 72.2 cm³/mol. The van der Waals surface area contributed by atoms with Gasteiger partial charge in [-0.05, 0) is 18.2 Å². The average Bonchev–Trinajstić information content (AvgIpc) is 2.90. The van der Waals surface area contributed by atoms with Gasteiger partial charge in [0.05, 0.1) is 17.8 Å². The van der Waals surface area contributed by atoms with Gasteiger partial charge in [-0.3, -0.25) is 9.48 Å². The Hall–Kier alpha value is -3.14. The molecular formula is C14H12N4O3. The largest absolute Gasteiger partial charge is 0.479 e. The van der Waals surface area contributed by atoms with Crippen LogP contribution < -0.4 is 5.32 Å². The van der Waals surface area contributed by atoms with Crippen molar-refractivity contribution in [2.24, 2.45) is 7.05 Å². The van der Waals surface area contributed by atoms with Crippen molar-refractivity contribution in [2.45, 2.75) is 6.04 Å². The first kappa shape index (κ1) is 14.3. The van der Waals surface area contributed by atoms with E-state index in [0.29, 0.717) is 11.1 Å². The molecule has 0 fully saturated rings. The monoisotopic (exact) mass is 284 g/mol. The second-order valence-electron chi connectivity index (χ2n) is 4.38. The standard InChI is InChI=1S/C14H12N4O3/c1-18-8-11(7-16-18)12(14(20)21)17-13(19)10-4-2-3-9(5-10)6-15/h2-5,7-8,12H,1H3,(H,17,19)(H,20,21). The highest BCUT2D eigenvalue weighted by atomic mass is 16.4. The number of hydrogen-bond acceptors (Lipinski definition) is 4. The first-order valence-corrected chi connectivity index (χ1v) is 6.03. The molecule has 0 saturated carbocycles. The van der Waals surface area contributed by atoms with Crippen LogP contribution in [0, 0.1) is 11.3 Å². The number of carbonyl (C=O) groups is 2. The van der Waals surface area contributed by atoms with E-state index >= 15 is 0 Å². The number of benzene rings is 1. The lowest BCUT2D eigenvalue weighted by Gasteiger charge is -2.13. The summed E-state index contributed by atoms with van der Waals surface area (Å²) in [5, 5.41) is 24.3. The average molecular weight is 284 g/mol. The molecule has 1 atom stereocenters. The fourth-order valence-electron chi connectivity index (χ4n) is 1.82. The summed E-state index contributed by atoms with van der Waals surface area (Å²) in [6.45, 7) is 0. The zero-order valence-electron chi connectivity index (χ0n) is 11.1. The maximum atomic E-state index is 12.1. The minimum absolute atomic E-state index is 0.226. The number of carbonyl (C=O) groups excluding carboxylic acids is 1. The predicted octanol–water partition coefficient (Wildman–Crippen LogP) is 0.847. The highest BCUT2D eigenvalue weighted by Gasteiger charge is 2.24. The molecule has 21 heavy (non-hydrogen) atoms. The Morgan fingerprint density at radius 2 is 2.24 bits per heavy atom. The summed E-state index contributed by atoms with van der Waals surface area (Å²) >= 11 is 0. The molecule has 1 unspecified atom stereocenters. The summed E-state index contributed by atoms with van der Waals surface area (Å²) in [6, 6.07) is 6.76. The smallest absolute Gasteiger partial charge is 0.331 e. The lowest BCUT2D eigenvalue weighted by molar-refractivity contribution is -0.139. The van der Waals surface area contributed by atoms with Crippen LogP contribution in [0.15, 0.2) is 36.7 Å². The molecule has 0 bridgehead atoms. The minimum atomic E-state index is -1.20. The molecule has 2 aromatic rings. The Morgan fingerprint density at radius 1 is 1.48 bits per heavy atom. The van der Waals surface area contributed by atoms with Crippen molar-refractivity contribution in [3.05, 3.63) is 53.3 Å². The molecule has 7 heteroatoms. The fraction of sp³-hybridized carbons (Fsp3) is 0.143. The Balaban J connectivity index is 2.23. The van der Waals surface area contributed by atoms with E-state index in [9.17, 15) is 14.7 Å². The molecule has 0 radical (unpaired) electrons. The first-order chi connectivity index (χ1) is 10.0. The maximum absolute atomic E-state index is 12.1. The molecule has 0 aliphatic heterocycles. The van der Waals surface area contributed by atoms with E-state index in [1.54, 1.807) is 19.2 Å². The van der Waals surface area contributed by atoms with Gasteiger partial charge in [0.1, 0.15) is 0 Å². The number of amides is 1. The van der Waals surface area contributed by atoms with Gasteiger partial charge < -0.3 is 10.4 Å². The number of carboxylic acid groups (broad SMARTS) is 1. The van der Waals surface area contributed by atoms with Gasteiger partial charge in [0.2, 0.25) is 0 Å². The molecule has 0 aliphatic rings. The quantitative estimate of drug-likeness (QED) is 0.865. The van der Waals surface area contributed by atoms with Gasteiger partial charge in [-0.2, -0.15) is 10.4 Å². The molecule has 1 aromatic carbocycles. The van der Waals surface area contributed by atoms with Gasteiger partial charge in [0.15, 0.2) is 6.04 Å². The number of nitriles is 1. The van der Waals surface area contributed by atoms with Crippen molar-refractivity contribution in [2.75, 3.05) is 0 Å². The third kappa shape index (κ3) is 3.25. The Kier molecular flexibility index (Phi) is 4.00. The van der Waals surface area contributed by atoms with E-state index in [0.717, 1.165) is 0 Å². The molecular weight excluding hydrogens is 272 g/mol. The third-order valence-electron chi connectivity index (χ3n) is 2.83. The highest BCUT2D eigenvalue weighted by Crippen LogP contribution is 2.13. The summed E-state index contributed by atoms with van der Waals surface area (Å²) in [4.78, 5) is 23.4. The Bertz CT molecular complexity index is 730. The number of aromatic nitrogens is 2. The van der Waals surface area contributed by atoms with Crippen LogP contribution >= 0.6 is 0 Å². The van der Waals surface area contributed by atoms with Gasteiger partial charge in [0.25, 0.3) is 5.91 Å². The van der Waals surface area contributed by atoms with Crippen LogP contribution in [0.3, 0.4) is 0 Å². The SMILES string of the molecule is Cn1cc(C(NC(=O)c2cccc(C#N)c2)C(=O)O)cn1. The molecule has 2 rings (SSSR count). The van der Waals surface area contributed by atoms with Crippen LogP contribution in [0.1, 0.15) is 27.5 Å². The van der Waals surface area contributed by atoms with Gasteiger partial charge >= 0.3 is 5.97 Å². The molecule has 0 saturated heterocycles. The fourth-order valence-corrected chi connectivity index (χ4v) is 1.82. The number of nitrogens with zero attached hydrogens (tertiary/aromatic N) is 3. The van der Waals surface area contributed by atoms with E-state index in [1.165, 1.54) is 29.2 Å². The molecule has 0 aliphatic carbocycles. The van der Waals surface area contributed by atoms with Crippen LogP contribution in [0.4, 0.5) is 0 Å². The lowest BCUT2D eigenvalue weighted by atomic mass is 10.1. The van der Waals surface area contributed by atoms with Crippen molar-refractivity contribution in [3.8, 4) is 6.07 Å². The number of rotatable bonds is 4. The second kappa shape index (κ2) is 5.88. The van der Waals surface area contributed by atoms with E-state index in [-0.39, 0.29) is 5.56 Å². The molecule has 0 spiro atoms. The lowest BCUT2D eigenvalue weighted by Crippen LogP contribution is -2.33. The van der Waals surface area contributed by atoms with Gasteiger partial charge in [-0.25, -0.2) is 4.79 Å². The van der Waals surface area contributed by atoms with Crippen molar-refractivity contribution in [1.29, 1.82) is 5.26 Å². The van der Waals surface area contributed by atoms with Crippen LogP contribution in [0.2, 0.25) is 0 Å². The number of carboxylic acids is 1. The topological polar surface area (TPSA) is 108 Å². The van der Waals surface area contributed by atoms with E-state index in [4.69, 9.17) is 5.26 Å². The highest BCUT2D eigenvalue weighted by molar-refractivity contribution is 5.97. The van der Waals surface area contributed by atoms with Gasteiger partial charge in [-0.15, -0.1) is 0 Å². The number of aliphatic carboxylic acids is 1. The molecule has 7 nitrogen and oxygen atoms in total. The minimum Gasteiger partial charge on any atom is -0.479 e. The van der Waals surface area contributed by atoms with Crippen LogP contribution in [0.5, 0.6) is 0 Å². The summed E-state index contributed by atoms with van der Waals surface area (Å²) in [7, 11) is 1.65. The van der Waals surface area contributed by atoms with Crippen LogP contribution in [0.25, 0.3) is 0 Å². The van der Waals surface area contributed by atoms with Gasteiger partial charge in [-0.1, -0.05) is 6.07 Å². The Morgan fingerprint density at radius 3 is 2.81 bits per heavy atom.